The van der Waals surface area contributed by atoms with Gasteiger partial charge in [-0.15, -0.1) is 0 Å². The molecule has 0 bridgehead atoms. The molecule has 7 heteroatoms. The number of rotatable bonds is 3. The maximum Gasteiger partial charge on any atom is 0.160 e. The van der Waals surface area contributed by atoms with Gasteiger partial charge >= 0.3 is 0 Å². The molecule has 2 aromatic heterocycles. The van der Waals surface area contributed by atoms with E-state index in [2.05, 4.69) is 30.4 Å². The van der Waals surface area contributed by atoms with Crippen molar-refractivity contribution in [1.29, 1.82) is 0 Å². The molecule has 0 saturated carbocycles. The molecule has 118 valence electrons. The monoisotopic (exact) mass is 312 g/mol. The minimum absolute atomic E-state index is 0.174. The van der Waals surface area contributed by atoms with Crippen LogP contribution in [0.4, 0.5) is 15.9 Å². The summed E-state index contributed by atoms with van der Waals surface area (Å²) in [5, 5.41) is 11.2. The number of fused-ring (bicyclic) bond motifs is 1. The lowest BCUT2D eigenvalue weighted by molar-refractivity contribution is 0.518. The smallest absolute Gasteiger partial charge is 0.160 e. The molecule has 6 nitrogen and oxygen atoms in total. The van der Waals surface area contributed by atoms with E-state index >= 15 is 0 Å². The number of aromatic nitrogens is 4. The first-order valence-corrected chi connectivity index (χ1v) is 7.71. The molecule has 1 fully saturated rings. The quantitative estimate of drug-likeness (QED) is 0.778. The zero-order valence-corrected chi connectivity index (χ0v) is 12.5. The van der Waals surface area contributed by atoms with Gasteiger partial charge in [0.05, 0.1) is 17.3 Å². The molecule has 23 heavy (non-hydrogen) atoms. The van der Waals surface area contributed by atoms with Crippen LogP contribution in [0.5, 0.6) is 0 Å². The molecule has 1 unspecified atom stereocenters. The van der Waals surface area contributed by atoms with Crippen LogP contribution in [0.2, 0.25) is 0 Å². The Bertz CT molecular complexity index is 817. The topological polar surface area (TPSA) is 69.7 Å². The summed E-state index contributed by atoms with van der Waals surface area (Å²) < 4.78 is 14.0. The number of anilines is 2. The zero-order chi connectivity index (χ0) is 15.6. The Balaban J connectivity index is 1.54. The molecule has 4 rings (SSSR count). The highest BCUT2D eigenvalue weighted by atomic mass is 19.1. The van der Waals surface area contributed by atoms with E-state index in [4.69, 9.17) is 0 Å². The molecule has 0 aliphatic carbocycles. The van der Waals surface area contributed by atoms with E-state index in [-0.39, 0.29) is 11.9 Å². The fourth-order valence-electron chi connectivity index (χ4n) is 3.10. The summed E-state index contributed by atoms with van der Waals surface area (Å²) in [5.41, 5.74) is 1.37. The van der Waals surface area contributed by atoms with E-state index < -0.39 is 0 Å². The van der Waals surface area contributed by atoms with Gasteiger partial charge in [0, 0.05) is 19.1 Å². The van der Waals surface area contributed by atoms with Crippen LogP contribution in [0, 0.1) is 5.82 Å². The molecule has 0 radical (unpaired) electrons. The summed E-state index contributed by atoms with van der Waals surface area (Å²) in [6.45, 7) is 1.61. The van der Waals surface area contributed by atoms with Crippen LogP contribution >= 0.6 is 0 Å². The second-order valence-electron chi connectivity index (χ2n) is 5.74. The van der Waals surface area contributed by atoms with Crippen LogP contribution in [0.3, 0.4) is 0 Å². The fourth-order valence-corrected chi connectivity index (χ4v) is 3.10. The van der Waals surface area contributed by atoms with Gasteiger partial charge in [0.1, 0.15) is 18.0 Å². The molecule has 0 spiro atoms. The van der Waals surface area contributed by atoms with Gasteiger partial charge in [-0.25, -0.2) is 14.4 Å². The maximum absolute atomic E-state index is 14.0. The first kappa shape index (κ1) is 13.9. The molecule has 3 aromatic rings. The van der Waals surface area contributed by atoms with Crippen molar-refractivity contribution in [3.8, 4) is 0 Å². The van der Waals surface area contributed by atoms with Crippen LogP contribution < -0.4 is 10.2 Å². The Morgan fingerprint density at radius 2 is 2.17 bits per heavy atom. The largest absolute Gasteiger partial charge is 0.367 e. The summed E-state index contributed by atoms with van der Waals surface area (Å²) in [6, 6.07) is 7.13. The average molecular weight is 312 g/mol. The zero-order valence-electron chi connectivity index (χ0n) is 12.5. The number of H-pyrrole nitrogens is 1. The molecule has 1 aliphatic rings. The molecular weight excluding hydrogens is 295 g/mol. The van der Waals surface area contributed by atoms with Crippen LogP contribution in [0.1, 0.15) is 12.8 Å². The van der Waals surface area contributed by atoms with Crippen molar-refractivity contribution in [1.82, 2.24) is 20.2 Å². The van der Waals surface area contributed by atoms with Gasteiger partial charge in [-0.05, 0) is 25.0 Å². The molecule has 0 amide bonds. The second-order valence-corrected chi connectivity index (χ2v) is 5.74. The molecular formula is C16H17FN6. The number of para-hydroxylation sites is 1. The lowest BCUT2D eigenvalue weighted by Gasteiger charge is -2.35. The van der Waals surface area contributed by atoms with Crippen molar-refractivity contribution >= 4 is 22.5 Å². The number of hydrogen-bond donors (Lipinski definition) is 2. The summed E-state index contributed by atoms with van der Waals surface area (Å²) in [4.78, 5) is 10.5. The van der Waals surface area contributed by atoms with Gasteiger partial charge in [0.2, 0.25) is 0 Å². The Morgan fingerprint density at radius 3 is 3.09 bits per heavy atom. The third-order valence-corrected chi connectivity index (χ3v) is 4.20. The van der Waals surface area contributed by atoms with Gasteiger partial charge in [-0.3, -0.25) is 5.10 Å². The van der Waals surface area contributed by atoms with Gasteiger partial charge in [-0.1, -0.05) is 12.1 Å². The molecule has 2 N–H and O–H groups in total. The van der Waals surface area contributed by atoms with E-state index in [9.17, 15) is 4.39 Å². The van der Waals surface area contributed by atoms with Crippen LogP contribution in [0.15, 0.2) is 36.8 Å². The number of hydrogen-bond acceptors (Lipinski definition) is 5. The van der Waals surface area contributed by atoms with Crippen molar-refractivity contribution < 1.29 is 4.39 Å². The van der Waals surface area contributed by atoms with E-state index in [1.54, 1.807) is 12.3 Å². The minimum atomic E-state index is -0.174. The Kier molecular flexibility index (Phi) is 3.53. The standard InChI is InChI=1S/C16H17FN6/c17-13-5-1-2-6-14(13)23-7-3-4-11(9-23)21-15-12-8-20-22-16(12)19-10-18-15/h1-2,5-6,8,10-11H,3-4,7,9H2,(H2,18,19,20,21,22). The van der Waals surface area contributed by atoms with Crippen molar-refractivity contribution in [2.75, 3.05) is 23.3 Å². The summed E-state index contributed by atoms with van der Waals surface area (Å²) in [5.74, 6) is 0.594. The molecule has 1 aliphatic heterocycles. The third-order valence-electron chi connectivity index (χ3n) is 4.20. The molecule has 1 saturated heterocycles. The maximum atomic E-state index is 14.0. The van der Waals surface area contributed by atoms with Gasteiger partial charge in [0.15, 0.2) is 5.65 Å². The molecule has 1 aromatic carbocycles. The predicted octanol–water partition coefficient (Wildman–Crippen LogP) is 2.57. The number of piperidine rings is 1. The fraction of sp³-hybridized carbons (Fsp3) is 0.312. The third kappa shape index (κ3) is 2.69. The Morgan fingerprint density at radius 1 is 1.26 bits per heavy atom. The number of nitrogens with one attached hydrogen (secondary N) is 2. The highest BCUT2D eigenvalue weighted by molar-refractivity contribution is 5.85. The summed E-state index contributed by atoms with van der Waals surface area (Å²) in [6.07, 6.45) is 5.26. The van der Waals surface area contributed by atoms with Crippen LogP contribution in [-0.4, -0.2) is 39.3 Å². The highest BCUT2D eigenvalue weighted by Crippen LogP contribution is 2.25. The summed E-state index contributed by atoms with van der Waals surface area (Å²) in [7, 11) is 0. The van der Waals surface area contributed by atoms with Crippen LogP contribution in [0.25, 0.3) is 11.0 Å². The van der Waals surface area contributed by atoms with Crippen molar-refractivity contribution in [2.45, 2.75) is 18.9 Å². The minimum Gasteiger partial charge on any atom is -0.367 e. The normalized spacial score (nSPS) is 18.3. The van der Waals surface area contributed by atoms with Crippen molar-refractivity contribution in [3.63, 3.8) is 0 Å². The van der Waals surface area contributed by atoms with E-state index in [1.165, 1.54) is 12.4 Å². The lowest BCUT2D eigenvalue weighted by Crippen LogP contribution is -2.42. The Hall–Kier alpha value is -2.70. The molecule has 3 heterocycles. The van der Waals surface area contributed by atoms with Gasteiger partial charge < -0.3 is 10.2 Å². The molecule has 1 atom stereocenters. The van der Waals surface area contributed by atoms with Gasteiger partial charge in [-0.2, -0.15) is 5.10 Å². The van der Waals surface area contributed by atoms with Crippen molar-refractivity contribution in [2.24, 2.45) is 0 Å². The number of halogens is 1. The second kappa shape index (κ2) is 5.83. The van der Waals surface area contributed by atoms with E-state index in [0.29, 0.717) is 11.3 Å². The first-order valence-electron chi connectivity index (χ1n) is 7.71. The number of benzene rings is 1. The average Bonchev–Trinajstić information content (AvgIpc) is 3.05. The van der Waals surface area contributed by atoms with E-state index in [1.807, 2.05) is 12.1 Å². The number of aromatic amines is 1. The highest BCUT2D eigenvalue weighted by Gasteiger charge is 2.22. The lowest BCUT2D eigenvalue weighted by atomic mass is 10.0. The first-order chi connectivity index (χ1) is 11.3. The van der Waals surface area contributed by atoms with E-state index in [0.717, 1.165) is 37.1 Å². The Labute approximate surface area is 132 Å². The predicted molar refractivity (Wildman–Crippen MR) is 86.9 cm³/mol. The number of nitrogens with zero attached hydrogens (tertiary/aromatic N) is 4. The van der Waals surface area contributed by atoms with Crippen molar-refractivity contribution in [3.05, 3.63) is 42.6 Å². The summed E-state index contributed by atoms with van der Waals surface area (Å²) >= 11 is 0. The SMILES string of the molecule is Fc1ccccc1N1CCCC(Nc2ncnc3[nH]ncc23)C1. The van der Waals surface area contributed by atoms with Gasteiger partial charge in [0.25, 0.3) is 0 Å². The van der Waals surface area contributed by atoms with Crippen LogP contribution in [-0.2, 0) is 0 Å².